The van der Waals surface area contributed by atoms with Crippen LogP contribution in [-0.4, -0.2) is 25.1 Å². The highest BCUT2D eigenvalue weighted by Gasteiger charge is 2.42. The summed E-state index contributed by atoms with van der Waals surface area (Å²) >= 11 is 0. The quantitative estimate of drug-likeness (QED) is 0.841. The maximum atomic E-state index is 12.0. The molecule has 1 saturated carbocycles. The minimum atomic E-state index is -0.742. The molecule has 0 aromatic heterocycles. The van der Waals surface area contributed by atoms with Gasteiger partial charge in [0.1, 0.15) is 11.3 Å². The van der Waals surface area contributed by atoms with Crippen molar-refractivity contribution in [2.75, 3.05) is 19.0 Å². The van der Waals surface area contributed by atoms with E-state index in [2.05, 4.69) is 16.7 Å². The first-order valence-corrected chi connectivity index (χ1v) is 7.09. The van der Waals surface area contributed by atoms with E-state index in [1.165, 1.54) is 0 Å². The Morgan fingerprint density at radius 3 is 2.76 bits per heavy atom. The second-order valence-corrected chi connectivity index (χ2v) is 5.67. The molecule has 1 unspecified atom stereocenters. The van der Waals surface area contributed by atoms with Gasteiger partial charge in [0.15, 0.2) is 0 Å². The van der Waals surface area contributed by atoms with E-state index in [1.807, 2.05) is 25.1 Å². The molecule has 0 spiro atoms. The number of nitriles is 1. The number of methoxy groups -OCH3 is 1. The fourth-order valence-corrected chi connectivity index (χ4v) is 2.35. The minimum absolute atomic E-state index is 0.150. The summed E-state index contributed by atoms with van der Waals surface area (Å²) in [5.74, 6) is 0.906. The molecule has 0 radical (unpaired) electrons. The summed E-state index contributed by atoms with van der Waals surface area (Å²) in [5, 5.41) is 15.2. The number of nitrogens with zero attached hydrogens (tertiary/aromatic N) is 1. The molecule has 1 aromatic carbocycles. The number of ether oxygens (including phenoxy) is 1. The van der Waals surface area contributed by atoms with Crippen molar-refractivity contribution in [3.63, 3.8) is 0 Å². The van der Waals surface area contributed by atoms with Crippen LogP contribution in [0.2, 0.25) is 0 Å². The Morgan fingerprint density at radius 1 is 1.52 bits per heavy atom. The Balaban J connectivity index is 1.91. The molecule has 1 aliphatic rings. The zero-order valence-electron chi connectivity index (χ0n) is 12.7. The van der Waals surface area contributed by atoms with E-state index in [4.69, 9.17) is 4.74 Å². The smallest absolute Gasteiger partial charge is 0.240 e. The van der Waals surface area contributed by atoms with Gasteiger partial charge in [-0.05, 0) is 56.4 Å². The third-order valence-corrected chi connectivity index (χ3v) is 3.90. The summed E-state index contributed by atoms with van der Waals surface area (Å²) in [6.45, 7) is 3.89. The van der Waals surface area contributed by atoms with Gasteiger partial charge < -0.3 is 15.4 Å². The van der Waals surface area contributed by atoms with Crippen molar-refractivity contribution in [2.24, 2.45) is 5.92 Å². The van der Waals surface area contributed by atoms with Crippen molar-refractivity contribution < 1.29 is 9.53 Å². The second kappa shape index (κ2) is 6.04. The topological polar surface area (TPSA) is 74.2 Å². The third-order valence-electron chi connectivity index (χ3n) is 3.90. The fraction of sp³-hybridized carbons (Fsp3) is 0.500. The Labute approximate surface area is 125 Å². The lowest BCUT2D eigenvalue weighted by atomic mass is 9.98. The normalized spacial score (nSPS) is 16.5. The predicted molar refractivity (Wildman–Crippen MR) is 81.1 cm³/mol. The molecule has 5 heteroatoms. The Kier molecular flexibility index (Phi) is 4.37. The number of hydrogen-bond donors (Lipinski definition) is 2. The molecule has 112 valence electrons. The lowest BCUT2D eigenvalue weighted by Crippen LogP contribution is -2.48. The van der Waals surface area contributed by atoms with Crippen molar-refractivity contribution in [1.29, 1.82) is 5.26 Å². The third kappa shape index (κ3) is 3.66. The van der Waals surface area contributed by atoms with Crippen LogP contribution < -0.4 is 15.4 Å². The van der Waals surface area contributed by atoms with Crippen molar-refractivity contribution >= 4 is 11.6 Å². The molecular formula is C16H21N3O2. The lowest BCUT2D eigenvalue weighted by molar-refractivity contribution is -0.120. The molecule has 5 nitrogen and oxygen atoms in total. The van der Waals surface area contributed by atoms with Gasteiger partial charge >= 0.3 is 0 Å². The average Bonchev–Trinajstić information content (AvgIpc) is 3.30. The number of carbonyl (C=O) groups is 1. The summed E-state index contributed by atoms with van der Waals surface area (Å²) in [7, 11) is 1.62. The molecule has 21 heavy (non-hydrogen) atoms. The number of carbonyl (C=O) groups excluding carboxylic acids is 1. The predicted octanol–water partition coefficient (Wildman–Crippen LogP) is 2.22. The molecule has 1 amide bonds. The number of hydrogen-bond acceptors (Lipinski definition) is 4. The van der Waals surface area contributed by atoms with Gasteiger partial charge in [0.2, 0.25) is 5.91 Å². The van der Waals surface area contributed by atoms with Crippen molar-refractivity contribution in [2.45, 2.75) is 32.2 Å². The Hall–Kier alpha value is -2.22. The van der Waals surface area contributed by atoms with E-state index < -0.39 is 5.54 Å². The Morgan fingerprint density at radius 2 is 2.24 bits per heavy atom. The van der Waals surface area contributed by atoms with Crippen LogP contribution in [0, 0.1) is 24.2 Å². The largest absolute Gasteiger partial charge is 0.497 e. The molecule has 0 aliphatic heterocycles. The van der Waals surface area contributed by atoms with Crippen LogP contribution in [0.3, 0.4) is 0 Å². The number of nitrogens with one attached hydrogen (secondary N) is 2. The standard InChI is InChI=1S/C16H21N3O2/c1-11-8-13(21-3)6-7-14(11)18-9-15(20)19-16(2,10-17)12-4-5-12/h6-8,12,18H,4-5,9H2,1-3H3,(H,19,20). The van der Waals surface area contributed by atoms with E-state index in [0.29, 0.717) is 0 Å². The maximum absolute atomic E-state index is 12.0. The van der Waals surface area contributed by atoms with Crippen LogP contribution >= 0.6 is 0 Å². The first kappa shape index (κ1) is 15.2. The van der Waals surface area contributed by atoms with Crippen molar-refractivity contribution in [3.8, 4) is 11.8 Å². The monoisotopic (exact) mass is 287 g/mol. The SMILES string of the molecule is COc1ccc(NCC(=O)NC(C)(C#N)C2CC2)c(C)c1. The summed E-state index contributed by atoms with van der Waals surface area (Å²) in [6, 6.07) is 7.85. The van der Waals surface area contributed by atoms with Crippen molar-refractivity contribution in [3.05, 3.63) is 23.8 Å². The highest BCUT2D eigenvalue weighted by atomic mass is 16.5. The summed E-state index contributed by atoms with van der Waals surface area (Å²) in [5.41, 5.74) is 1.15. The molecule has 2 rings (SSSR count). The van der Waals surface area contributed by atoms with Crippen LogP contribution in [0.4, 0.5) is 5.69 Å². The molecule has 1 fully saturated rings. The molecule has 1 aliphatic carbocycles. The van der Waals surface area contributed by atoms with Crippen molar-refractivity contribution in [1.82, 2.24) is 5.32 Å². The molecule has 2 N–H and O–H groups in total. The number of amides is 1. The van der Waals surface area contributed by atoms with Gasteiger partial charge in [-0.3, -0.25) is 4.79 Å². The molecular weight excluding hydrogens is 266 g/mol. The van der Waals surface area contributed by atoms with Gasteiger partial charge in [-0.1, -0.05) is 0 Å². The van der Waals surface area contributed by atoms with Crippen LogP contribution in [0.1, 0.15) is 25.3 Å². The molecule has 0 bridgehead atoms. The first-order valence-electron chi connectivity index (χ1n) is 7.09. The second-order valence-electron chi connectivity index (χ2n) is 5.67. The zero-order valence-corrected chi connectivity index (χ0v) is 12.7. The number of anilines is 1. The van der Waals surface area contributed by atoms with Gasteiger partial charge in [0.25, 0.3) is 0 Å². The van der Waals surface area contributed by atoms with E-state index in [9.17, 15) is 10.1 Å². The first-order chi connectivity index (χ1) is 9.98. The van der Waals surface area contributed by atoms with Crippen LogP contribution in [-0.2, 0) is 4.79 Å². The Bertz CT molecular complexity index is 575. The number of benzene rings is 1. The van der Waals surface area contributed by atoms with Gasteiger partial charge in [0.05, 0.1) is 19.7 Å². The van der Waals surface area contributed by atoms with E-state index in [0.717, 1.165) is 29.8 Å². The molecule has 1 atom stereocenters. The van der Waals surface area contributed by atoms with Crippen LogP contribution in [0.5, 0.6) is 5.75 Å². The maximum Gasteiger partial charge on any atom is 0.240 e. The lowest BCUT2D eigenvalue weighted by Gasteiger charge is -2.23. The van der Waals surface area contributed by atoms with E-state index in [1.54, 1.807) is 14.0 Å². The highest BCUT2D eigenvalue weighted by Crippen LogP contribution is 2.39. The fourth-order valence-electron chi connectivity index (χ4n) is 2.35. The summed E-state index contributed by atoms with van der Waals surface area (Å²) in [6.07, 6.45) is 2.02. The number of rotatable bonds is 6. The molecule has 0 saturated heterocycles. The van der Waals surface area contributed by atoms with Crippen LogP contribution in [0.25, 0.3) is 0 Å². The van der Waals surface area contributed by atoms with Gasteiger partial charge in [0, 0.05) is 5.69 Å². The highest BCUT2D eigenvalue weighted by molar-refractivity contribution is 5.82. The molecule has 0 heterocycles. The van der Waals surface area contributed by atoms with Crippen LogP contribution in [0.15, 0.2) is 18.2 Å². The zero-order chi connectivity index (χ0) is 15.5. The summed E-state index contributed by atoms with van der Waals surface area (Å²) < 4.78 is 5.15. The van der Waals surface area contributed by atoms with Gasteiger partial charge in [-0.15, -0.1) is 0 Å². The van der Waals surface area contributed by atoms with E-state index >= 15 is 0 Å². The minimum Gasteiger partial charge on any atom is -0.497 e. The number of aryl methyl sites for hydroxylation is 1. The van der Waals surface area contributed by atoms with Gasteiger partial charge in [-0.25, -0.2) is 0 Å². The molecule has 1 aromatic rings. The van der Waals surface area contributed by atoms with Gasteiger partial charge in [-0.2, -0.15) is 5.26 Å². The van der Waals surface area contributed by atoms with E-state index in [-0.39, 0.29) is 18.4 Å². The average molecular weight is 287 g/mol. The summed E-state index contributed by atoms with van der Waals surface area (Å²) in [4.78, 5) is 12.0.